The van der Waals surface area contributed by atoms with E-state index in [9.17, 15) is 0 Å². The minimum Gasteiger partial charge on any atom is -0.0840 e. The van der Waals surface area contributed by atoms with Gasteiger partial charge in [0.1, 0.15) is 0 Å². The van der Waals surface area contributed by atoms with Gasteiger partial charge >= 0.3 is 0 Å². The molecule has 0 amide bonds. The maximum absolute atomic E-state index is 6.73. The summed E-state index contributed by atoms with van der Waals surface area (Å²) in [5.74, 6) is 0. The summed E-state index contributed by atoms with van der Waals surface area (Å²) in [6.45, 7) is 9.14. The van der Waals surface area contributed by atoms with Gasteiger partial charge in [0.2, 0.25) is 0 Å². The van der Waals surface area contributed by atoms with Crippen LogP contribution >= 0.6 is 11.6 Å². The molecule has 0 bridgehead atoms. The van der Waals surface area contributed by atoms with Gasteiger partial charge in [-0.1, -0.05) is 65.0 Å². The van der Waals surface area contributed by atoms with E-state index in [1.54, 1.807) is 11.1 Å². The van der Waals surface area contributed by atoms with Crippen LogP contribution in [-0.4, -0.2) is 0 Å². The predicted octanol–water partition coefficient (Wildman–Crippen LogP) is 7.71. The van der Waals surface area contributed by atoms with Crippen molar-refractivity contribution >= 4 is 11.6 Å². The van der Waals surface area contributed by atoms with Gasteiger partial charge in [0.05, 0.1) is 0 Å². The Hall–Kier alpha value is -0.490. The molecule has 0 aliphatic heterocycles. The van der Waals surface area contributed by atoms with Crippen molar-refractivity contribution in [1.29, 1.82) is 0 Å². The summed E-state index contributed by atoms with van der Waals surface area (Å²) in [7, 11) is 0. The second-order valence-electron chi connectivity index (χ2n) is 6.87. The molecule has 1 aromatic rings. The SMILES string of the molecule is CCCCc1cc(Cl)c(CCCC)c(CCCC)c1CCCC. The smallest absolute Gasteiger partial charge is 0.0443 e. The molecule has 0 aliphatic rings. The van der Waals surface area contributed by atoms with Crippen molar-refractivity contribution in [1.82, 2.24) is 0 Å². The molecule has 1 rings (SSSR count). The first-order chi connectivity index (χ1) is 11.2. The zero-order chi connectivity index (χ0) is 17.1. The standard InChI is InChI=1S/C22H37Cl/c1-5-9-13-18-17-22(23)21(16-12-8-4)20(15-11-7-3)19(18)14-10-6-2/h17H,5-16H2,1-4H3. The fraction of sp³-hybridized carbons (Fsp3) is 0.727. The highest BCUT2D eigenvalue weighted by Gasteiger charge is 2.16. The molecular formula is C22H37Cl. The minimum atomic E-state index is 1.04. The van der Waals surface area contributed by atoms with E-state index < -0.39 is 0 Å². The molecule has 0 saturated heterocycles. The van der Waals surface area contributed by atoms with Crippen LogP contribution in [0.15, 0.2) is 6.07 Å². The van der Waals surface area contributed by atoms with Gasteiger partial charge < -0.3 is 0 Å². The molecule has 0 unspecified atom stereocenters. The van der Waals surface area contributed by atoms with Crippen molar-refractivity contribution in [3.05, 3.63) is 33.3 Å². The first-order valence-corrected chi connectivity index (χ1v) is 10.4. The zero-order valence-corrected chi connectivity index (χ0v) is 16.7. The highest BCUT2D eigenvalue weighted by molar-refractivity contribution is 6.31. The van der Waals surface area contributed by atoms with Crippen LogP contribution in [0.1, 0.15) is 101 Å². The third-order valence-electron chi connectivity index (χ3n) is 4.85. The van der Waals surface area contributed by atoms with Crippen molar-refractivity contribution in [3.8, 4) is 0 Å². The maximum Gasteiger partial charge on any atom is 0.0443 e. The number of hydrogen-bond donors (Lipinski definition) is 0. The minimum absolute atomic E-state index is 1.04. The van der Waals surface area contributed by atoms with Crippen molar-refractivity contribution in [2.24, 2.45) is 0 Å². The molecule has 0 radical (unpaired) electrons. The average molecular weight is 337 g/mol. The van der Waals surface area contributed by atoms with Gasteiger partial charge in [-0.2, -0.15) is 0 Å². The number of hydrogen-bond acceptors (Lipinski definition) is 0. The summed E-state index contributed by atoms with van der Waals surface area (Å²) >= 11 is 6.73. The van der Waals surface area contributed by atoms with E-state index in [1.807, 2.05) is 0 Å². The number of rotatable bonds is 12. The molecule has 0 heterocycles. The lowest BCUT2D eigenvalue weighted by Crippen LogP contribution is -2.07. The van der Waals surface area contributed by atoms with E-state index in [-0.39, 0.29) is 0 Å². The summed E-state index contributed by atoms with van der Waals surface area (Å²) in [6.07, 6.45) is 14.9. The van der Waals surface area contributed by atoms with Gasteiger partial charge in [-0.15, -0.1) is 0 Å². The van der Waals surface area contributed by atoms with Crippen LogP contribution < -0.4 is 0 Å². The highest BCUT2D eigenvalue weighted by atomic mass is 35.5. The first kappa shape index (κ1) is 20.6. The quantitative estimate of drug-likeness (QED) is 0.366. The summed E-state index contributed by atoms with van der Waals surface area (Å²) in [6, 6.07) is 2.31. The Balaban J connectivity index is 3.26. The Morgan fingerprint density at radius 1 is 0.609 bits per heavy atom. The second kappa shape index (κ2) is 12.0. The average Bonchev–Trinajstić information content (AvgIpc) is 2.56. The first-order valence-electron chi connectivity index (χ1n) is 10.0. The molecule has 1 heteroatoms. The molecule has 0 atom stereocenters. The molecular weight excluding hydrogens is 300 g/mol. The molecule has 1 aromatic carbocycles. The Labute approximate surface area is 150 Å². The normalized spacial score (nSPS) is 11.2. The molecule has 0 aromatic heterocycles. The number of aryl methyl sites for hydroxylation is 1. The molecule has 0 spiro atoms. The summed E-state index contributed by atoms with van der Waals surface area (Å²) in [4.78, 5) is 0. The largest absolute Gasteiger partial charge is 0.0840 e. The van der Waals surface area contributed by atoms with Crippen LogP contribution in [0.2, 0.25) is 5.02 Å². The fourth-order valence-corrected chi connectivity index (χ4v) is 3.72. The van der Waals surface area contributed by atoms with Gasteiger partial charge in [0.15, 0.2) is 0 Å². The number of benzene rings is 1. The molecule has 0 nitrogen and oxygen atoms in total. The van der Waals surface area contributed by atoms with E-state index in [2.05, 4.69) is 33.8 Å². The fourth-order valence-electron chi connectivity index (χ4n) is 3.38. The Morgan fingerprint density at radius 2 is 1.04 bits per heavy atom. The van der Waals surface area contributed by atoms with Crippen molar-refractivity contribution in [3.63, 3.8) is 0 Å². The number of halogens is 1. The lowest BCUT2D eigenvalue weighted by Gasteiger charge is -2.21. The van der Waals surface area contributed by atoms with Crippen LogP contribution in [-0.2, 0) is 25.7 Å². The lowest BCUT2D eigenvalue weighted by atomic mass is 9.86. The predicted molar refractivity (Wildman–Crippen MR) is 106 cm³/mol. The van der Waals surface area contributed by atoms with Gasteiger partial charge in [-0.05, 0) is 79.7 Å². The zero-order valence-electron chi connectivity index (χ0n) is 15.9. The maximum atomic E-state index is 6.73. The van der Waals surface area contributed by atoms with Crippen LogP contribution in [0, 0.1) is 0 Å². The van der Waals surface area contributed by atoms with Gasteiger partial charge in [0, 0.05) is 5.02 Å². The van der Waals surface area contributed by atoms with Crippen molar-refractivity contribution in [2.45, 2.75) is 105 Å². The molecule has 0 N–H and O–H groups in total. The van der Waals surface area contributed by atoms with E-state index >= 15 is 0 Å². The summed E-state index contributed by atoms with van der Waals surface area (Å²) < 4.78 is 0. The van der Waals surface area contributed by atoms with Crippen molar-refractivity contribution < 1.29 is 0 Å². The molecule has 0 aliphatic carbocycles. The van der Waals surface area contributed by atoms with Gasteiger partial charge in [0.25, 0.3) is 0 Å². The van der Waals surface area contributed by atoms with Gasteiger partial charge in [-0.3, -0.25) is 0 Å². The van der Waals surface area contributed by atoms with Crippen LogP contribution in [0.3, 0.4) is 0 Å². The van der Waals surface area contributed by atoms with E-state index in [0.717, 1.165) is 11.4 Å². The van der Waals surface area contributed by atoms with E-state index in [0.29, 0.717) is 0 Å². The van der Waals surface area contributed by atoms with Crippen LogP contribution in [0.4, 0.5) is 0 Å². The topological polar surface area (TPSA) is 0 Å². The monoisotopic (exact) mass is 336 g/mol. The molecule has 0 saturated carbocycles. The Morgan fingerprint density at radius 3 is 1.57 bits per heavy atom. The van der Waals surface area contributed by atoms with Crippen LogP contribution in [0.5, 0.6) is 0 Å². The molecule has 132 valence electrons. The van der Waals surface area contributed by atoms with Gasteiger partial charge in [-0.25, -0.2) is 0 Å². The highest BCUT2D eigenvalue weighted by Crippen LogP contribution is 2.32. The lowest BCUT2D eigenvalue weighted by molar-refractivity contribution is 0.719. The van der Waals surface area contributed by atoms with Crippen LogP contribution in [0.25, 0.3) is 0 Å². The third-order valence-corrected chi connectivity index (χ3v) is 5.18. The molecule has 23 heavy (non-hydrogen) atoms. The third kappa shape index (κ3) is 6.49. The Bertz CT molecular complexity index is 448. The molecule has 0 fully saturated rings. The summed E-state index contributed by atoms with van der Waals surface area (Å²) in [5.41, 5.74) is 6.28. The number of unbranched alkanes of at least 4 members (excludes halogenated alkanes) is 4. The second-order valence-corrected chi connectivity index (χ2v) is 7.27. The van der Waals surface area contributed by atoms with E-state index in [1.165, 1.54) is 81.8 Å². The van der Waals surface area contributed by atoms with E-state index in [4.69, 9.17) is 11.6 Å². The summed E-state index contributed by atoms with van der Waals surface area (Å²) in [5, 5.41) is 1.04. The Kier molecular flexibility index (Phi) is 10.7. The van der Waals surface area contributed by atoms with Crippen molar-refractivity contribution in [2.75, 3.05) is 0 Å².